The average molecular weight is 376 g/mol. The van der Waals surface area contributed by atoms with Crippen LogP contribution in [0.15, 0.2) is 42.5 Å². The van der Waals surface area contributed by atoms with Gasteiger partial charge in [0.15, 0.2) is 6.10 Å². The summed E-state index contributed by atoms with van der Waals surface area (Å²) in [7, 11) is 0. The molecule has 136 valence electrons. The maximum absolute atomic E-state index is 13.8. The number of rotatable bonds is 4. The molecular weight excluding hydrogens is 357 g/mol. The van der Waals surface area contributed by atoms with Crippen LogP contribution in [0.1, 0.15) is 23.6 Å². The van der Waals surface area contributed by atoms with E-state index in [1.54, 1.807) is 4.90 Å². The van der Waals surface area contributed by atoms with E-state index in [9.17, 15) is 14.0 Å². The Labute approximate surface area is 156 Å². The molecule has 0 bridgehead atoms. The molecule has 4 nitrogen and oxygen atoms in total. The van der Waals surface area contributed by atoms with Crippen LogP contribution in [0.3, 0.4) is 0 Å². The molecule has 2 aromatic carbocycles. The van der Waals surface area contributed by atoms with Crippen molar-refractivity contribution in [2.45, 2.75) is 32.4 Å². The molecule has 0 saturated heterocycles. The SMILES string of the molecule is C[C@@H](OC(=O)Cc1c(F)cccc1Cl)C(=O)N1CCc2ccccc2C1. The predicted molar refractivity (Wildman–Crippen MR) is 96.2 cm³/mol. The van der Waals surface area contributed by atoms with Gasteiger partial charge >= 0.3 is 5.97 Å². The fraction of sp³-hybridized carbons (Fsp3) is 0.300. The summed E-state index contributed by atoms with van der Waals surface area (Å²) < 4.78 is 19.0. The first kappa shape index (κ1) is 18.4. The van der Waals surface area contributed by atoms with Gasteiger partial charge in [0.1, 0.15) is 5.82 Å². The molecule has 0 aliphatic carbocycles. The van der Waals surface area contributed by atoms with Crippen LogP contribution in [-0.2, 0) is 33.7 Å². The summed E-state index contributed by atoms with van der Waals surface area (Å²) in [5.41, 5.74) is 2.41. The van der Waals surface area contributed by atoms with Gasteiger partial charge in [-0.15, -0.1) is 0 Å². The lowest BCUT2D eigenvalue weighted by Crippen LogP contribution is -2.42. The number of hydrogen-bond acceptors (Lipinski definition) is 3. The average Bonchev–Trinajstić information content (AvgIpc) is 2.63. The Morgan fingerprint density at radius 1 is 1.19 bits per heavy atom. The fourth-order valence-electron chi connectivity index (χ4n) is 3.08. The van der Waals surface area contributed by atoms with Crippen LogP contribution < -0.4 is 0 Å². The first-order valence-electron chi connectivity index (χ1n) is 8.43. The second-order valence-corrected chi connectivity index (χ2v) is 6.69. The van der Waals surface area contributed by atoms with Gasteiger partial charge < -0.3 is 9.64 Å². The van der Waals surface area contributed by atoms with Gasteiger partial charge in [-0.05, 0) is 36.6 Å². The topological polar surface area (TPSA) is 46.6 Å². The van der Waals surface area contributed by atoms with Crippen molar-refractivity contribution in [3.63, 3.8) is 0 Å². The third kappa shape index (κ3) is 4.05. The van der Waals surface area contributed by atoms with E-state index in [0.717, 1.165) is 12.0 Å². The normalized spacial score (nSPS) is 14.5. The third-order valence-corrected chi connectivity index (χ3v) is 4.84. The first-order chi connectivity index (χ1) is 12.5. The molecule has 0 radical (unpaired) electrons. The van der Waals surface area contributed by atoms with Gasteiger partial charge in [-0.25, -0.2) is 4.39 Å². The minimum atomic E-state index is -0.932. The lowest BCUT2D eigenvalue weighted by Gasteiger charge is -2.30. The van der Waals surface area contributed by atoms with Crippen LogP contribution in [0.25, 0.3) is 0 Å². The molecule has 1 atom stereocenters. The van der Waals surface area contributed by atoms with Gasteiger partial charge in [0.2, 0.25) is 0 Å². The second-order valence-electron chi connectivity index (χ2n) is 6.29. The molecule has 1 heterocycles. The number of hydrogen-bond donors (Lipinski definition) is 0. The third-order valence-electron chi connectivity index (χ3n) is 4.48. The van der Waals surface area contributed by atoms with Crippen molar-refractivity contribution in [2.24, 2.45) is 0 Å². The Hall–Kier alpha value is -2.40. The van der Waals surface area contributed by atoms with E-state index in [0.29, 0.717) is 13.1 Å². The summed E-state index contributed by atoms with van der Waals surface area (Å²) in [6.45, 7) is 2.61. The van der Waals surface area contributed by atoms with Crippen LogP contribution in [0, 0.1) is 5.82 Å². The summed E-state index contributed by atoms with van der Waals surface area (Å²) in [5.74, 6) is -1.51. The number of amides is 1. The molecule has 1 aliphatic heterocycles. The lowest BCUT2D eigenvalue weighted by molar-refractivity contribution is -0.159. The summed E-state index contributed by atoms with van der Waals surface area (Å²) in [4.78, 5) is 26.3. The second kappa shape index (κ2) is 7.87. The number of carbonyl (C=O) groups excluding carboxylic acids is 2. The van der Waals surface area contributed by atoms with Crippen LogP contribution >= 0.6 is 11.6 Å². The summed E-state index contributed by atoms with van der Waals surface area (Å²) in [5, 5.41) is 0.161. The van der Waals surface area contributed by atoms with E-state index < -0.39 is 17.9 Å². The van der Waals surface area contributed by atoms with Gasteiger partial charge in [0.25, 0.3) is 5.91 Å². The Bertz CT molecular complexity index is 819. The molecular formula is C20H19ClFNO3. The highest BCUT2D eigenvalue weighted by Crippen LogP contribution is 2.21. The van der Waals surface area contributed by atoms with E-state index in [-0.39, 0.29) is 22.9 Å². The Kier molecular flexibility index (Phi) is 5.57. The summed E-state index contributed by atoms with van der Waals surface area (Å²) in [6, 6.07) is 12.2. The van der Waals surface area contributed by atoms with Crippen LogP contribution in [-0.4, -0.2) is 29.4 Å². The number of halogens is 2. The first-order valence-corrected chi connectivity index (χ1v) is 8.81. The van der Waals surface area contributed by atoms with Gasteiger partial charge in [0.05, 0.1) is 6.42 Å². The van der Waals surface area contributed by atoms with E-state index in [2.05, 4.69) is 6.07 Å². The van der Waals surface area contributed by atoms with E-state index in [1.807, 2.05) is 18.2 Å². The Balaban J connectivity index is 1.60. The van der Waals surface area contributed by atoms with Crippen LogP contribution in [0.5, 0.6) is 0 Å². The standard InChI is InChI=1S/C20H19ClFNO3/c1-13(26-19(24)11-16-17(21)7-4-8-18(16)22)20(25)23-10-9-14-5-2-3-6-15(14)12-23/h2-8,13H,9-12H2,1H3/t13-/m1/s1. The maximum atomic E-state index is 13.8. The number of nitrogens with zero attached hydrogens (tertiary/aromatic N) is 1. The minimum absolute atomic E-state index is 0.0747. The molecule has 26 heavy (non-hydrogen) atoms. The molecule has 0 fully saturated rings. The lowest BCUT2D eigenvalue weighted by atomic mass is 9.99. The van der Waals surface area contributed by atoms with Gasteiger partial charge in [-0.2, -0.15) is 0 Å². The molecule has 0 spiro atoms. The zero-order chi connectivity index (χ0) is 18.7. The van der Waals surface area contributed by atoms with Crippen molar-refractivity contribution < 1.29 is 18.7 Å². The van der Waals surface area contributed by atoms with Gasteiger partial charge in [-0.1, -0.05) is 41.9 Å². The van der Waals surface area contributed by atoms with Crippen molar-refractivity contribution >= 4 is 23.5 Å². The minimum Gasteiger partial charge on any atom is -0.452 e. The zero-order valence-electron chi connectivity index (χ0n) is 14.4. The fourth-order valence-corrected chi connectivity index (χ4v) is 3.31. The summed E-state index contributed by atoms with van der Waals surface area (Å²) in [6.07, 6.45) is -0.474. The number of esters is 1. The van der Waals surface area contributed by atoms with Gasteiger partial charge in [-0.3, -0.25) is 9.59 Å². The molecule has 1 amide bonds. The van der Waals surface area contributed by atoms with E-state index >= 15 is 0 Å². The predicted octanol–water partition coefficient (Wildman–Crippen LogP) is 3.54. The molecule has 2 aromatic rings. The number of carbonyl (C=O) groups is 2. The van der Waals surface area contributed by atoms with Crippen LogP contribution in [0.2, 0.25) is 5.02 Å². The molecule has 0 saturated carbocycles. The number of ether oxygens (including phenoxy) is 1. The highest BCUT2D eigenvalue weighted by molar-refractivity contribution is 6.31. The van der Waals surface area contributed by atoms with Crippen molar-refractivity contribution in [2.75, 3.05) is 6.54 Å². The Morgan fingerprint density at radius 2 is 1.92 bits per heavy atom. The van der Waals surface area contributed by atoms with Crippen molar-refractivity contribution in [1.29, 1.82) is 0 Å². The molecule has 1 aliphatic rings. The van der Waals surface area contributed by atoms with Gasteiger partial charge in [0, 0.05) is 23.7 Å². The summed E-state index contributed by atoms with van der Waals surface area (Å²) >= 11 is 5.92. The Morgan fingerprint density at radius 3 is 2.65 bits per heavy atom. The monoisotopic (exact) mass is 375 g/mol. The van der Waals surface area contributed by atoms with Crippen LogP contribution in [0.4, 0.5) is 4.39 Å². The maximum Gasteiger partial charge on any atom is 0.311 e. The van der Waals surface area contributed by atoms with E-state index in [1.165, 1.54) is 30.7 Å². The molecule has 0 unspecified atom stereocenters. The quantitative estimate of drug-likeness (QED) is 0.768. The molecule has 0 aromatic heterocycles. The number of fused-ring (bicyclic) bond motifs is 1. The van der Waals surface area contributed by atoms with Crippen molar-refractivity contribution in [3.8, 4) is 0 Å². The molecule has 3 rings (SSSR count). The molecule has 0 N–H and O–H groups in total. The van der Waals surface area contributed by atoms with Crippen molar-refractivity contribution in [3.05, 3.63) is 70.0 Å². The van der Waals surface area contributed by atoms with Crippen molar-refractivity contribution in [1.82, 2.24) is 4.90 Å². The molecule has 6 heteroatoms. The zero-order valence-corrected chi connectivity index (χ0v) is 15.1. The number of benzene rings is 2. The highest BCUT2D eigenvalue weighted by atomic mass is 35.5. The van der Waals surface area contributed by atoms with E-state index in [4.69, 9.17) is 16.3 Å². The highest BCUT2D eigenvalue weighted by Gasteiger charge is 2.27. The smallest absolute Gasteiger partial charge is 0.311 e. The largest absolute Gasteiger partial charge is 0.452 e.